The third-order valence-corrected chi connectivity index (χ3v) is 8.38. The van der Waals surface area contributed by atoms with Crippen LogP contribution in [0.1, 0.15) is 49.0 Å². The van der Waals surface area contributed by atoms with Crippen molar-refractivity contribution >= 4 is 40.2 Å². The number of amides is 2. The van der Waals surface area contributed by atoms with E-state index in [2.05, 4.69) is 5.32 Å². The van der Waals surface area contributed by atoms with E-state index in [9.17, 15) is 28.7 Å². The third-order valence-electron chi connectivity index (χ3n) is 8.38. The molecule has 2 N–H and O–H groups in total. The standard InChI is InChI=1S/C31H32F2N4O7/c1-17(38)34-13-21-14-37(31(42)44-21)20-4-5-28(25(33)10-20)43-16-18-6-8-35(9-7-18)27-12-26-22(11-24(27)32)29(39)23(30(40)41)15-36(26)19-2-3-19/h4-5,10-12,15,18-19,21H,2-3,6-9,13-14,16H2,1H3,(H,34,38)(H,40,41). The molecule has 3 fully saturated rings. The third kappa shape index (κ3) is 5.90. The second-order valence-corrected chi connectivity index (χ2v) is 11.5. The molecule has 0 radical (unpaired) electrons. The average Bonchev–Trinajstić information content (AvgIpc) is 3.77. The molecule has 3 aliphatic rings. The predicted octanol–water partition coefficient (Wildman–Crippen LogP) is 4.07. The van der Waals surface area contributed by atoms with Crippen molar-refractivity contribution < 1.29 is 37.7 Å². The van der Waals surface area contributed by atoms with Gasteiger partial charge in [-0.2, -0.15) is 0 Å². The van der Waals surface area contributed by atoms with Crippen molar-refractivity contribution in [3.63, 3.8) is 0 Å². The zero-order valence-corrected chi connectivity index (χ0v) is 24.1. The van der Waals surface area contributed by atoms with Crippen LogP contribution in [0, 0.1) is 17.6 Å². The van der Waals surface area contributed by atoms with Crippen LogP contribution in [0.2, 0.25) is 0 Å². The topological polar surface area (TPSA) is 130 Å². The molecule has 0 spiro atoms. The van der Waals surface area contributed by atoms with Crippen molar-refractivity contribution in [3.05, 3.63) is 63.9 Å². The maximum atomic E-state index is 15.3. The normalized spacial score (nSPS) is 18.9. The number of carboxylic acid groups (broad SMARTS) is 1. The number of benzene rings is 2. The summed E-state index contributed by atoms with van der Waals surface area (Å²) in [6, 6.07) is 7.12. The number of carboxylic acids is 1. The van der Waals surface area contributed by atoms with Gasteiger partial charge >= 0.3 is 12.1 Å². The summed E-state index contributed by atoms with van der Waals surface area (Å²) in [4.78, 5) is 51.0. The van der Waals surface area contributed by atoms with Crippen molar-refractivity contribution in [3.8, 4) is 5.75 Å². The molecule has 0 bridgehead atoms. The summed E-state index contributed by atoms with van der Waals surface area (Å²) in [5, 5.41) is 12.1. The molecule has 1 aromatic heterocycles. The molecule has 3 aromatic rings. The maximum Gasteiger partial charge on any atom is 0.414 e. The van der Waals surface area contributed by atoms with Gasteiger partial charge in [0.05, 0.1) is 36.6 Å². The van der Waals surface area contributed by atoms with Gasteiger partial charge in [-0.3, -0.25) is 14.5 Å². The molecule has 2 saturated heterocycles. The number of hydrogen-bond acceptors (Lipinski definition) is 7. The van der Waals surface area contributed by atoms with Gasteiger partial charge in [0, 0.05) is 43.7 Å². The molecule has 1 saturated carbocycles. The Bertz CT molecular complexity index is 1700. The first-order valence-corrected chi connectivity index (χ1v) is 14.6. The van der Waals surface area contributed by atoms with Gasteiger partial charge in [-0.25, -0.2) is 18.4 Å². The lowest BCUT2D eigenvalue weighted by Crippen LogP contribution is -2.36. The smallest absolute Gasteiger partial charge is 0.414 e. The lowest BCUT2D eigenvalue weighted by atomic mass is 9.97. The van der Waals surface area contributed by atoms with Crippen LogP contribution in [0.3, 0.4) is 0 Å². The Morgan fingerprint density at radius 1 is 1.07 bits per heavy atom. The summed E-state index contributed by atoms with van der Waals surface area (Å²) in [5.41, 5.74) is 0.137. The van der Waals surface area contributed by atoms with E-state index in [1.807, 2.05) is 4.90 Å². The minimum Gasteiger partial charge on any atom is -0.490 e. The molecule has 2 aliphatic heterocycles. The Kier molecular flexibility index (Phi) is 7.87. The number of halogens is 2. The summed E-state index contributed by atoms with van der Waals surface area (Å²) < 4.78 is 43.0. The van der Waals surface area contributed by atoms with E-state index in [4.69, 9.17) is 9.47 Å². The number of nitrogens with one attached hydrogen (secondary N) is 1. The van der Waals surface area contributed by atoms with E-state index in [0.29, 0.717) is 42.8 Å². The highest BCUT2D eigenvalue weighted by Crippen LogP contribution is 2.38. The Morgan fingerprint density at radius 3 is 2.48 bits per heavy atom. The van der Waals surface area contributed by atoms with E-state index >= 15 is 4.39 Å². The molecule has 13 heteroatoms. The number of aromatic carboxylic acids is 1. The highest BCUT2D eigenvalue weighted by molar-refractivity contribution is 5.93. The average molecular weight is 611 g/mol. The van der Waals surface area contributed by atoms with Crippen molar-refractivity contribution in [1.29, 1.82) is 0 Å². The first-order chi connectivity index (χ1) is 21.1. The van der Waals surface area contributed by atoms with Crippen molar-refractivity contribution in [2.75, 3.05) is 42.6 Å². The molecule has 2 amide bonds. The number of anilines is 2. The Hall–Kier alpha value is -4.68. The monoisotopic (exact) mass is 610 g/mol. The fraction of sp³-hybridized carbons (Fsp3) is 0.419. The van der Waals surface area contributed by atoms with Crippen molar-refractivity contribution in [1.82, 2.24) is 9.88 Å². The van der Waals surface area contributed by atoms with Crippen molar-refractivity contribution in [2.45, 2.75) is 44.8 Å². The molecule has 1 atom stereocenters. The van der Waals surface area contributed by atoms with E-state index in [1.165, 1.54) is 30.2 Å². The number of piperidine rings is 1. The van der Waals surface area contributed by atoms with Gasteiger partial charge in [-0.1, -0.05) is 0 Å². The number of carbonyl (C=O) groups is 3. The van der Waals surface area contributed by atoms with Crippen molar-refractivity contribution in [2.24, 2.45) is 5.92 Å². The number of cyclic esters (lactones) is 1. The van der Waals surface area contributed by atoms with Gasteiger partial charge < -0.3 is 29.4 Å². The van der Waals surface area contributed by atoms with Crippen LogP contribution in [0.5, 0.6) is 5.75 Å². The summed E-state index contributed by atoms with van der Waals surface area (Å²) in [6.07, 6.45) is 3.27. The summed E-state index contributed by atoms with van der Waals surface area (Å²) in [6.45, 7) is 3.02. The van der Waals surface area contributed by atoms with E-state index < -0.39 is 35.2 Å². The van der Waals surface area contributed by atoms with E-state index in [0.717, 1.165) is 18.9 Å². The molecule has 44 heavy (non-hydrogen) atoms. The molecule has 6 rings (SSSR count). The largest absolute Gasteiger partial charge is 0.490 e. The van der Waals surface area contributed by atoms with Gasteiger partial charge in [0.25, 0.3) is 0 Å². The van der Waals surface area contributed by atoms with Crippen LogP contribution < -0.4 is 25.3 Å². The minimum absolute atomic E-state index is 0.0536. The first-order valence-electron chi connectivity index (χ1n) is 14.6. The SMILES string of the molecule is CC(=O)NCC1CN(c2ccc(OCC3CCN(c4cc5c(cc4F)c(=O)c(C(=O)O)cn5C4CC4)CC3)c(F)c2)C(=O)O1. The van der Waals surface area contributed by atoms with E-state index in [-0.39, 0.29) is 54.3 Å². The highest BCUT2D eigenvalue weighted by atomic mass is 19.1. The number of aromatic nitrogens is 1. The number of fused-ring (bicyclic) bond motifs is 1. The van der Waals surface area contributed by atoms with Gasteiger partial charge in [0.15, 0.2) is 11.6 Å². The quantitative estimate of drug-likeness (QED) is 0.371. The maximum absolute atomic E-state index is 15.3. The Balaban J connectivity index is 1.08. The highest BCUT2D eigenvalue weighted by Gasteiger charge is 2.33. The number of hydrogen-bond donors (Lipinski definition) is 2. The Labute approximate surface area is 250 Å². The molecule has 11 nitrogen and oxygen atoms in total. The van der Waals surface area contributed by atoms with Crippen LogP contribution in [0.15, 0.2) is 41.3 Å². The first kappa shape index (κ1) is 29.4. The van der Waals surface area contributed by atoms with E-state index in [1.54, 1.807) is 16.7 Å². The van der Waals surface area contributed by atoms with Gasteiger partial charge in [0.2, 0.25) is 11.3 Å². The molecular weight excluding hydrogens is 578 g/mol. The molecular formula is C31H32F2N4O7. The van der Waals surface area contributed by atoms with Crippen LogP contribution in [-0.4, -0.2) is 66.5 Å². The van der Waals surface area contributed by atoms with Gasteiger partial charge in [0.1, 0.15) is 17.5 Å². The molecule has 2 aromatic carbocycles. The number of ether oxygens (including phenoxy) is 2. The van der Waals surface area contributed by atoms with Crippen LogP contribution in [0.4, 0.5) is 25.0 Å². The van der Waals surface area contributed by atoms with Crippen LogP contribution in [-0.2, 0) is 9.53 Å². The number of pyridine rings is 1. The lowest BCUT2D eigenvalue weighted by Gasteiger charge is -2.34. The number of rotatable bonds is 9. The fourth-order valence-corrected chi connectivity index (χ4v) is 5.83. The Morgan fingerprint density at radius 2 is 1.82 bits per heavy atom. The summed E-state index contributed by atoms with van der Waals surface area (Å²) in [5.74, 6) is -2.63. The zero-order valence-electron chi connectivity index (χ0n) is 24.1. The summed E-state index contributed by atoms with van der Waals surface area (Å²) >= 11 is 0. The van der Waals surface area contributed by atoms with Gasteiger partial charge in [-0.05, 0) is 55.9 Å². The molecule has 1 unspecified atom stereocenters. The second-order valence-electron chi connectivity index (χ2n) is 11.5. The molecule has 3 heterocycles. The second kappa shape index (κ2) is 11.8. The van der Waals surface area contributed by atoms with Gasteiger partial charge in [-0.15, -0.1) is 0 Å². The van der Waals surface area contributed by atoms with Crippen LogP contribution >= 0.6 is 0 Å². The zero-order chi connectivity index (χ0) is 31.1. The number of nitrogens with zero attached hydrogens (tertiary/aromatic N) is 3. The lowest BCUT2D eigenvalue weighted by molar-refractivity contribution is -0.119. The summed E-state index contributed by atoms with van der Waals surface area (Å²) in [7, 11) is 0. The fourth-order valence-electron chi connectivity index (χ4n) is 5.83. The minimum atomic E-state index is -1.33. The predicted molar refractivity (Wildman–Crippen MR) is 157 cm³/mol. The number of carbonyl (C=O) groups excluding carboxylic acids is 2. The molecule has 1 aliphatic carbocycles. The van der Waals surface area contributed by atoms with Crippen LogP contribution in [0.25, 0.3) is 10.9 Å². The molecule has 232 valence electrons.